The summed E-state index contributed by atoms with van der Waals surface area (Å²) in [6.45, 7) is 0. The van der Waals surface area contributed by atoms with Gasteiger partial charge in [0.05, 0.1) is 5.56 Å². The Morgan fingerprint density at radius 3 is 2.65 bits per heavy atom. The third-order valence-electron chi connectivity index (χ3n) is 3.08. The summed E-state index contributed by atoms with van der Waals surface area (Å²) in [6, 6.07) is 8.33. The fourth-order valence-electron chi connectivity index (χ4n) is 2.14. The Bertz CT molecular complexity index is 826. The number of ketones is 1. The van der Waals surface area contributed by atoms with Crippen LogP contribution < -0.4 is 0 Å². The van der Waals surface area contributed by atoms with Crippen LogP contribution in [0.1, 0.15) is 15.9 Å². The highest BCUT2D eigenvalue weighted by Crippen LogP contribution is 2.27. The minimum absolute atomic E-state index is 0.227. The van der Waals surface area contributed by atoms with Gasteiger partial charge in [-0.05, 0) is 46.3 Å². The van der Waals surface area contributed by atoms with Crippen molar-refractivity contribution in [2.24, 2.45) is 0 Å². The van der Waals surface area contributed by atoms with E-state index in [2.05, 4.69) is 20.9 Å². The molecule has 0 spiro atoms. The molecule has 3 aromatic rings. The van der Waals surface area contributed by atoms with Gasteiger partial charge in [0.15, 0.2) is 5.78 Å². The van der Waals surface area contributed by atoms with E-state index in [0.717, 1.165) is 0 Å². The zero-order valence-electron chi connectivity index (χ0n) is 10.1. The molecule has 0 atom stereocenters. The second-order valence-corrected chi connectivity index (χ2v) is 5.17. The van der Waals surface area contributed by atoms with Gasteiger partial charge in [0.2, 0.25) is 0 Å². The lowest BCUT2D eigenvalue weighted by Crippen LogP contribution is -2.02. The molecule has 0 aliphatic rings. The molecule has 0 fully saturated rings. The van der Waals surface area contributed by atoms with Gasteiger partial charge >= 0.3 is 0 Å². The molecule has 5 heteroatoms. The Balaban J connectivity index is 2.18. The monoisotopic (exact) mass is 335 g/mol. The van der Waals surface area contributed by atoms with Crippen LogP contribution in [0.3, 0.4) is 0 Å². The van der Waals surface area contributed by atoms with Crippen LogP contribution >= 0.6 is 15.9 Å². The van der Waals surface area contributed by atoms with Crippen LogP contribution in [-0.4, -0.2) is 10.8 Å². The molecular formula is C15H8BrF2NO. The largest absolute Gasteiger partial charge is 0.360 e. The molecule has 3 rings (SSSR count). The second-order valence-electron chi connectivity index (χ2n) is 4.32. The summed E-state index contributed by atoms with van der Waals surface area (Å²) in [5.74, 6) is -1.28. The third kappa shape index (κ3) is 2.04. The number of carbonyl (C=O) groups is 1. The predicted molar refractivity (Wildman–Crippen MR) is 75.8 cm³/mol. The molecule has 0 unspecified atom stereocenters. The zero-order valence-corrected chi connectivity index (χ0v) is 11.7. The average molecular weight is 336 g/mol. The molecular weight excluding hydrogens is 328 g/mol. The van der Waals surface area contributed by atoms with Gasteiger partial charge in [-0.15, -0.1) is 0 Å². The lowest BCUT2D eigenvalue weighted by Gasteiger charge is -2.03. The van der Waals surface area contributed by atoms with Gasteiger partial charge in [-0.25, -0.2) is 8.78 Å². The van der Waals surface area contributed by atoms with E-state index in [1.807, 2.05) is 0 Å². The molecule has 2 nitrogen and oxygen atoms in total. The van der Waals surface area contributed by atoms with E-state index in [0.29, 0.717) is 9.99 Å². The lowest BCUT2D eigenvalue weighted by atomic mass is 10.0. The van der Waals surface area contributed by atoms with Crippen LogP contribution in [0.25, 0.3) is 10.9 Å². The smallest absolute Gasteiger partial charge is 0.196 e. The minimum Gasteiger partial charge on any atom is -0.360 e. The first-order valence-corrected chi connectivity index (χ1v) is 6.62. The Kier molecular flexibility index (Phi) is 3.14. The lowest BCUT2D eigenvalue weighted by molar-refractivity contribution is 0.103. The number of hydrogen-bond acceptors (Lipinski definition) is 1. The Morgan fingerprint density at radius 1 is 1.10 bits per heavy atom. The van der Waals surface area contributed by atoms with E-state index in [1.54, 1.807) is 12.1 Å². The zero-order chi connectivity index (χ0) is 14.3. The molecule has 20 heavy (non-hydrogen) atoms. The van der Waals surface area contributed by atoms with Crippen LogP contribution in [0.5, 0.6) is 0 Å². The van der Waals surface area contributed by atoms with Crippen molar-refractivity contribution >= 4 is 32.6 Å². The van der Waals surface area contributed by atoms with Crippen molar-refractivity contribution in [3.8, 4) is 0 Å². The highest BCUT2D eigenvalue weighted by atomic mass is 79.9. The van der Waals surface area contributed by atoms with Crippen LogP contribution in [0, 0.1) is 11.6 Å². The van der Waals surface area contributed by atoms with E-state index in [9.17, 15) is 13.6 Å². The molecule has 0 radical (unpaired) electrons. The van der Waals surface area contributed by atoms with Crippen LogP contribution in [-0.2, 0) is 0 Å². The van der Waals surface area contributed by atoms with Gasteiger partial charge in [-0.3, -0.25) is 4.79 Å². The summed E-state index contributed by atoms with van der Waals surface area (Å²) in [6.07, 6.45) is 1.46. The molecule has 1 aromatic heterocycles. The highest BCUT2D eigenvalue weighted by Gasteiger charge is 2.19. The van der Waals surface area contributed by atoms with Crippen molar-refractivity contribution in [1.29, 1.82) is 0 Å². The van der Waals surface area contributed by atoms with Crippen LogP contribution in [0.2, 0.25) is 0 Å². The number of fused-ring (bicyclic) bond motifs is 1. The number of aromatic nitrogens is 1. The molecule has 0 aliphatic carbocycles. The Labute approximate surface area is 121 Å². The third-order valence-corrected chi connectivity index (χ3v) is 3.73. The summed E-state index contributed by atoms with van der Waals surface area (Å²) >= 11 is 3.15. The predicted octanol–water partition coefficient (Wildman–Crippen LogP) is 4.44. The summed E-state index contributed by atoms with van der Waals surface area (Å²) < 4.78 is 27.3. The number of rotatable bonds is 2. The summed E-state index contributed by atoms with van der Waals surface area (Å²) in [4.78, 5) is 15.3. The number of halogens is 3. The molecule has 100 valence electrons. The molecule has 0 amide bonds. The number of aromatic amines is 1. The molecule has 0 saturated heterocycles. The molecule has 1 heterocycles. The number of carbonyl (C=O) groups excluding carboxylic acids is 1. The van der Waals surface area contributed by atoms with Crippen molar-refractivity contribution in [3.63, 3.8) is 0 Å². The molecule has 1 N–H and O–H groups in total. The Hall–Kier alpha value is -2.01. The first-order chi connectivity index (χ1) is 9.58. The van der Waals surface area contributed by atoms with Crippen molar-refractivity contribution in [2.45, 2.75) is 0 Å². The maximum atomic E-state index is 13.9. The van der Waals surface area contributed by atoms with Crippen molar-refractivity contribution in [2.75, 3.05) is 0 Å². The van der Waals surface area contributed by atoms with E-state index in [4.69, 9.17) is 0 Å². The summed E-state index contributed by atoms with van der Waals surface area (Å²) in [5, 5.41) is 0.244. The van der Waals surface area contributed by atoms with Crippen molar-refractivity contribution < 1.29 is 13.6 Å². The maximum Gasteiger partial charge on any atom is 0.196 e. The van der Waals surface area contributed by atoms with Gasteiger partial charge in [0.1, 0.15) is 11.6 Å². The van der Waals surface area contributed by atoms with Crippen molar-refractivity contribution in [1.82, 2.24) is 4.98 Å². The van der Waals surface area contributed by atoms with Gasteiger partial charge in [0.25, 0.3) is 0 Å². The first kappa shape index (κ1) is 13.0. The minimum atomic E-state index is -0.467. The van der Waals surface area contributed by atoms with Gasteiger partial charge in [-0.1, -0.05) is 6.07 Å². The number of H-pyrrole nitrogens is 1. The first-order valence-electron chi connectivity index (χ1n) is 5.83. The van der Waals surface area contributed by atoms with E-state index < -0.39 is 11.6 Å². The average Bonchev–Trinajstić information content (AvgIpc) is 2.83. The quantitative estimate of drug-likeness (QED) is 0.690. The SMILES string of the molecule is O=C(c1ccc(F)cc1Br)c1c[nH]c2cccc(F)c12. The molecule has 0 aliphatic heterocycles. The second kappa shape index (κ2) is 4.83. The van der Waals surface area contributed by atoms with Crippen LogP contribution in [0.15, 0.2) is 47.1 Å². The molecule has 2 aromatic carbocycles. The normalized spacial score (nSPS) is 10.9. The number of benzene rings is 2. The number of hydrogen-bond donors (Lipinski definition) is 1. The molecule has 0 bridgehead atoms. The fraction of sp³-hybridized carbons (Fsp3) is 0. The Morgan fingerprint density at radius 2 is 1.90 bits per heavy atom. The number of nitrogens with one attached hydrogen (secondary N) is 1. The van der Waals surface area contributed by atoms with E-state index >= 15 is 0 Å². The standard InChI is InChI=1S/C15H8BrF2NO/c16-11-6-8(17)4-5-9(11)15(20)10-7-19-13-3-1-2-12(18)14(10)13/h1-7,19H. The fourth-order valence-corrected chi connectivity index (χ4v) is 2.67. The van der Waals surface area contributed by atoms with Crippen molar-refractivity contribution in [3.05, 3.63) is 69.8 Å². The highest BCUT2D eigenvalue weighted by molar-refractivity contribution is 9.10. The van der Waals surface area contributed by atoms with E-state index in [-0.39, 0.29) is 22.3 Å². The summed E-state index contributed by atoms with van der Waals surface area (Å²) in [7, 11) is 0. The summed E-state index contributed by atoms with van der Waals surface area (Å²) in [5.41, 5.74) is 1.06. The molecule has 0 saturated carbocycles. The van der Waals surface area contributed by atoms with Gasteiger partial charge < -0.3 is 4.98 Å². The maximum absolute atomic E-state index is 13.9. The van der Waals surface area contributed by atoms with E-state index in [1.165, 1.54) is 30.5 Å². The van der Waals surface area contributed by atoms with Gasteiger partial charge in [0, 0.05) is 27.1 Å². The van der Waals surface area contributed by atoms with Gasteiger partial charge in [-0.2, -0.15) is 0 Å². The topological polar surface area (TPSA) is 32.9 Å². The van der Waals surface area contributed by atoms with Crippen LogP contribution in [0.4, 0.5) is 8.78 Å².